The van der Waals surface area contributed by atoms with E-state index in [2.05, 4.69) is 39.6 Å². The minimum absolute atomic E-state index is 0.169. The van der Waals surface area contributed by atoms with E-state index in [4.69, 9.17) is 0 Å². The average Bonchev–Trinajstić information content (AvgIpc) is 2.84. The van der Waals surface area contributed by atoms with Crippen LogP contribution in [0.1, 0.15) is 35.4 Å². The van der Waals surface area contributed by atoms with Crippen LogP contribution in [0.15, 0.2) is 66.9 Å². The van der Waals surface area contributed by atoms with Crippen molar-refractivity contribution in [2.75, 3.05) is 0 Å². The van der Waals surface area contributed by atoms with E-state index >= 15 is 0 Å². The predicted molar refractivity (Wildman–Crippen MR) is 98.4 cm³/mol. The quantitative estimate of drug-likeness (QED) is 0.523. The molecule has 0 unspecified atom stereocenters. The molecule has 0 spiro atoms. The van der Waals surface area contributed by atoms with Crippen LogP contribution in [0.5, 0.6) is 0 Å². The van der Waals surface area contributed by atoms with Crippen LogP contribution in [-0.2, 0) is 19.5 Å². The Labute approximate surface area is 148 Å². The summed E-state index contributed by atoms with van der Waals surface area (Å²) in [6.07, 6.45) is 6.85. The van der Waals surface area contributed by atoms with Gasteiger partial charge in [-0.1, -0.05) is 60.7 Å². The summed E-state index contributed by atoms with van der Waals surface area (Å²) in [6.45, 7) is 1.44. The van der Waals surface area contributed by atoms with Crippen molar-refractivity contribution in [2.24, 2.45) is 0 Å². The van der Waals surface area contributed by atoms with Gasteiger partial charge in [0.2, 0.25) is 5.78 Å². The van der Waals surface area contributed by atoms with Gasteiger partial charge in [0.25, 0.3) is 5.82 Å². The maximum atomic E-state index is 12.7. The van der Waals surface area contributed by atoms with Gasteiger partial charge in [-0.3, -0.25) is 4.79 Å². The Hall–Kier alpha value is -2.68. The normalized spacial score (nSPS) is 13.9. The van der Waals surface area contributed by atoms with Crippen LogP contribution >= 0.6 is 0 Å². The van der Waals surface area contributed by atoms with Gasteiger partial charge >= 0.3 is 0 Å². The second kappa shape index (κ2) is 7.06. The molecule has 3 heteroatoms. The molecule has 25 heavy (non-hydrogen) atoms. The largest absolute Gasteiger partial charge is 0.290 e. The number of hydrogen-bond acceptors (Lipinski definition) is 1. The SMILES string of the molecule is O=C(C[n+]1cc(-c2ccccc2)n2c1CCCCC2)c1ccccc1. The first kappa shape index (κ1) is 15.8. The number of benzene rings is 2. The predicted octanol–water partition coefficient (Wildman–Crippen LogP) is 4.05. The number of carbonyl (C=O) groups excluding carboxylic acids is 1. The van der Waals surface area contributed by atoms with E-state index in [1.54, 1.807) is 0 Å². The zero-order valence-electron chi connectivity index (χ0n) is 14.4. The first-order chi connectivity index (χ1) is 12.3. The Morgan fingerprint density at radius 3 is 2.40 bits per heavy atom. The second-order valence-corrected chi connectivity index (χ2v) is 6.68. The Morgan fingerprint density at radius 1 is 0.920 bits per heavy atom. The summed E-state index contributed by atoms with van der Waals surface area (Å²) in [6, 6.07) is 20.1. The summed E-state index contributed by atoms with van der Waals surface area (Å²) in [4.78, 5) is 12.7. The lowest BCUT2D eigenvalue weighted by molar-refractivity contribution is -0.690. The van der Waals surface area contributed by atoms with E-state index in [0.717, 1.165) is 18.5 Å². The lowest BCUT2D eigenvalue weighted by Gasteiger charge is -2.03. The number of hydrogen-bond donors (Lipinski definition) is 0. The number of carbonyl (C=O) groups is 1. The number of ketones is 1. The molecule has 0 aliphatic carbocycles. The molecule has 1 aromatic heterocycles. The van der Waals surface area contributed by atoms with E-state index in [1.165, 1.54) is 36.3 Å². The average molecular weight is 331 g/mol. The van der Waals surface area contributed by atoms with E-state index in [1.807, 2.05) is 36.4 Å². The van der Waals surface area contributed by atoms with Crippen molar-refractivity contribution in [3.8, 4) is 11.3 Å². The fourth-order valence-electron chi connectivity index (χ4n) is 3.69. The van der Waals surface area contributed by atoms with E-state index in [0.29, 0.717) is 6.54 Å². The number of nitrogens with zero attached hydrogens (tertiary/aromatic N) is 2. The Bertz CT molecular complexity index is 866. The maximum absolute atomic E-state index is 12.7. The van der Waals surface area contributed by atoms with E-state index in [-0.39, 0.29) is 5.78 Å². The second-order valence-electron chi connectivity index (χ2n) is 6.68. The highest BCUT2D eigenvalue weighted by molar-refractivity contribution is 5.95. The van der Waals surface area contributed by atoms with Crippen LogP contribution in [0.4, 0.5) is 0 Å². The van der Waals surface area contributed by atoms with Gasteiger partial charge < -0.3 is 0 Å². The molecule has 3 nitrogen and oxygen atoms in total. The third kappa shape index (κ3) is 3.27. The first-order valence-electron chi connectivity index (χ1n) is 9.08. The summed E-state index contributed by atoms with van der Waals surface area (Å²) in [5.74, 6) is 1.45. The molecule has 0 fully saturated rings. The standard InChI is InChI=1S/C22H23N2O/c25-21(19-12-6-2-7-13-19)17-23-16-20(18-10-4-1-5-11-18)24-15-9-3-8-14-22(23)24/h1-2,4-7,10-13,16H,3,8-9,14-15,17H2/q+1. The Kier molecular flexibility index (Phi) is 4.47. The molecule has 0 amide bonds. The fraction of sp³-hybridized carbons (Fsp3) is 0.273. The van der Waals surface area contributed by atoms with Gasteiger partial charge in [-0.2, -0.15) is 0 Å². The third-order valence-corrected chi connectivity index (χ3v) is 4.97. The number of Topliss-reactive ketones (excluding diaryl/α,β-unsaturated/α-hetero) is 1. The van der Waals surface area contributed by atoms with Gasteiger partial charge in [0.1, 0.15) is 6.20 Å². The number of aromatic nitrogens is 2. The highest BCUT2D eigenvalue weighted by atomic mass is 16.1. The minimum atomic E-state index is 0.169. The minimum Gasteiger partial charge on any atom is -0.290 e. The highest BCUT2D eigenvalue weighted by Crippen LogP contribution is 2.23. The third-order valence-electron chi connectivity index (χ3n) is 4.97. The van der Waals surface area contributed by atoms with Crippen LogP contribution in [-0.4, -0.2) is 10.4 Å². The van der Waals surface area contributed by atoms with Crippen LogP contribution in [0.3, 0.4) is 0 Å². The van der Waals surface area contributed by atoms with Crippen molar-refractivity contribution in [2.45, 2.75) is 38.8 Å². The lowest BCUT2D eigenvalue weighted by Crippen LogP contribution is -2.40. The van der Waals surface area contributed by atoms with Crippen LogP contribution in [0, 0.1) is 0 Å². The summed E-state index contributed by atoms with van der Waals surface area (Å²) >= 11 is 0. The van der Waals surface area contributed by atoms with E-state index < -0.39 is 0 Å². The molecule has 126 valence electrons. The molecule has 0 saturated heterocycles. The number of rotatable bonds is 4. The molecule has 4 rings (SSSR count). The van der Waals surface area contributed by atoms with Gasteiger partial charge in [-0.05, 0) is 19.3 Å². The van der Waals surface area contributed by atoms with Gasteiger partial charge in [-0.15, -0.1) is 0 Å². The summed E-state index contributed by atoms with van der Waals surface area (Å²) < 4.78 is 4.59. The van der Waals surface area contributed by atoms with Crippen molar-refractivity contribution in [3.63, 3.8) is 0 Å². The Morgan fingerprint density at radius 2 is 1.64 bits per heavy atom. The molecule has 2 heterocycles. The maximum Gasteiger partial charge on any atom is 0.257 e. The summed E-state index contributed by atoms with van der Waals surface area (Å²) in [7, 11) is 0. The lowest BCUT2D eigenvalue weighted by atomic mass is 10.1. The topological polar surface area (TPSA) is 25.9 Å². The highest BCUT2D eigenvalue weighted by Gasteiger charge is 2.27. The molecule has 3 aromatic rings. The Balaban J connectivity index is 1.73. The van der Waals surface area contributed by atoms with Crippen LogP contribution in [0.25, 0.3) is 11.3 Å². The monoisotopic (exact) mass is 331 g/mol. The summed E-state index contributed by atoms with van der Waals surface area (Å²) in [5.41, 5.74) is 3.22. The molecule has 1 aliphatic heterocycles. The number of fused-ring (bicyclic) bond motifs is 1. The van der Waals surface area contributed by atoms with Gasteiger partial charge in [0.05, 0.1) is 6.54 Å². The molecular weight excluding hydrogens is 308 g/mol. The van der Waals surface area contributed by atoms with Gasteiger partial charge in [0.15, 0.2) is 12.2 Å². The molecular formula is C22H23N2O+. The van der Waals surface area contributed by atoms with Gasteiger partial charge in [0, 0.05) is 17.5 Å². The first-order valence-corrected chi connectivity index (χ1v) is 9.08. The summed E-state index contributed by atoms with van der Waals surface area (Å²) in [5, 5.41) is 0. The zero-order chi connectivity index (χ0) is 17.1. The van der Waals surface area contributed by atoms with Crippen molar-refractivity contribution < 1.29 is 9.36 Å². The van der Waals surface area contributed by atoms with Crippen LogP contribution in [0.2, 0.25) is 0 Å². The zero-order valence-corrected chi connectivity index (χ0v) is 14.4. The molecule has 0 bridgehead atoms. The van der Waals surface area contributed by atoms with Crippen molar-refractivity contribution in [1.29, 1.82) is 0 Å². The molecule has 0 saturated carbocycles. The van der Waals surface area contributed by atoms with E-state index in [9.17, 15) is 4.79 Å². The smallest absolute Gasteiger partial charge is 0.257 e. The van der Waals surface area contributed by atoms with Gasteiger partial charge in [-0.25, -0.2) is 9.13 Å². The fourth-order valence-corrected chi connectivity index (χ4v) is 3.69. The van der Waals surface area contributed by atoms with Crippen molar-refractivity contribution >= 4 is 5.78 Å². The molecule has 0 N–H and O–H groups in total. The number of imidazole rings is 1. The molecule has 0 atom stereocenters. The van der Waals surface area contributed by atoms with Crippen LogP contribution < -0.4 is 4.57 Å². The van der Waals surface area contributed by atoms with Crippen molar-refractivity contribution in [1.82, 2.24) is 4.57 Å². The molecule has 0 radical (unpaired) electrons. The van der Waals surface area contributed by atoms with Crippen molar-refractivity contribution in [3.05, 3.63) is 78.2 Å². The molecule has 1 aliphatic rings. The molecule has 2 aromatic carbocycles.